The Labute approximate surface area is 169 Å². The third-order valence-electron chi connectivity index (χ3n) is 5.20. The lowest BCUT2D eigenvalue weighted by molar-refractivity contribution is 0.150. The predicted molar refractivity (Wildman–Crippen MR) is 104 cm³/mol. The number of sulfonamides is 1. The molecule has 0 amide bonds. The number of alkyl halides is 2. The normalized spacial score (nSPS) is 18.1. The maximum atomic E-state index is 13.0. The van der Waals surface area contributed by atoms with Gasteiger partial charge in [-0.2, -0.15) is 0 Å². The molecule has 4 heterocycles. The molecule has 0 bridgehead atoms. The summed E-state index contributed by atoms with van der Waals surface area (Å²) in [6, 6.07) is 1.61. The minimum Gasteiger partial charge on any atom is -0.383 e. The number of nitrogens with zero attached hydrogens (tertiary/aromatic N) is 4. The van der Waals surface area contributed by atoms with Crippen molar-refractivity contribution in [2.45, 2.75) is 49.5 Å². The lowest BCUT2D eigenvalue weighted by Gasteiger charge is -2.15. The van der Waals surface area contributed by atoms with E-state index in [1.165, 1.54) is 6.20 Å². The van der Waals surface area contributed by atoms with Crippen molar-refractivity contribution >= 4 is 32.6 Å². The van der Waals surface area contributed by atoms with E-state index in [0.29, 0.717) is 24.5 Å². The molecule has 0 spiro atoms. The standard InChI is InChI=1S/C17H18F2N6O2S2/c1-17(4-5-17)24-29(26,27)9-7-11-12-10(3-2-6-20-11)21-14(25(12)8-9)16-23-22-15(28-16)13(18)19/h7-8,13,20,24H,2-6H2,1H3. The van der Waals surface area contributed by atoms with Crippen LogP contribution in [0.1, 0.15) is 43.3 Å². The molecular formula is C17H18F2N6O2S2. The molecule has 5 rings (SSSR count). The minimum absolute atomic E-state index is 0.0892. The predicted octanol–water partition coefficient (Wildman–Crippen LogP) is 2.98. The molecule has 12 heteroatoms. The van der Waals surface area contributed by atoms with Crippen LogP contribution in [-0.2, 0) is 16.4 Å². The number of rotatable bonds is 5. The van der Waals surface area contributed by atoms with Crippen LogP contribution in [0.15, 0.2) is 17.2 Å². The molecule has 1 aliphatic carbocycles. The van der Waals surface area contributed by atoms with Gasteiger partial charge in [-0.3, -0.25) is 4.40 Å². The van der Waals surface area contributed by atoms with E-state index in [9.17, 15) is 17.2 Å². The lowest BCUT2D eigenvalue weighted by atomic mass is 10.2. The lowest BCUT2D eigenvalue weighted by Crippen LogP contribution is -2.34. The van der Waals surface area contributed by atoms with Crippen molar-refractivity contribution in [3.05, 3.63) is 23.0 Å². The van der Waals surface area contributed by atoms with Crippen LogP contribution in [0.3, 0.4) is 0 Å². The van der Waals surface area contributed by atoms with E-state index in [1.807, 2.05) is 6.92 Å². The highest BCUT2D eigenvalue weighted by molar-refractivity contribution is 7.89. The number of aromatic nitrogens is 4. The van der Waals surface area contributed by atoms with Crippen molar-refractivity contribution in [3.63, 3.8) is 0 Å². The molecule has 29 heavy (non-hydrogen) atoms. The molecular weight excluding hydrogens is 422 g/mol. The van der Waals surface area contributed by atoms with Crippen LogP contribution < -0.4 is 10.0 Å². The number of anilines is 1. The Balaban J connectivity index is 1.70. The van der Waals surface area contributed by atoms with E-state index >= 15 is 0 Å². The molecule has 0 atom stereocenters. The van der Waals surface area contributed by atoms with E-state index in [4.69, 9.17) is 0 Å². The highest BCUT2D eigenvalue weighted by Gasteiger charge is 2.41. The maximum absolute atomic E-state index is 13.0. The summed E-state index contributed by atoms with van der Waals surface area (Å²) in [5.41, 5.74) is 1.75. The summed E-state index contributed by atoms with van der Waals surface area (Å²) in [6.45, 7) is 2.55. The van der Waals surface area contributed by atoms with Gasteiger partial charge in [0.25, 0.3) is 6.43 Å². The fourth-order valence-corrected chi connectivity index (χ4v) is 5.61. The van der Waals surface area contributed by atoms with Gasteiger partial charge in [0.05, 0.1) is 16.9 Å². The van der Waals surface area contributed by atoms with Gasteiger partial charge in [0.1, 0.15) is 4.90 Å². The van der Waals surface area contributed by atoms with Crippen LogP contribution in [0.5, 0.6) is 0 Å². The maximum Gasteiger partial charge on any atom is 0.291 e. The summed E-state index contributed by atoms with van der Waals surface area (Å²) in [7, 11) is -3.76. The van der Waals surface area contributed by atoms with Gasteiger partial charge >= 0.3 is 0 Å². The molecule has 1 saturated carbocycles. The van der Waals surface area contributed by atoms with E-state index in [0.717, 1.165) is 41.8 Å². The summed E-state index contributed by atoms with van der Waals surface area (Å²) in [5.74, 6) is 0.319. The molecule has 2 aliphatic rings. The van der Waals surface area contributed by atoms with Crippen molar-refractivity contribution in [2.75, 3.05) is 11.9 Å². The topological polar surface area (TPSA) is 101 Å². The fraction of sp³-hybridized carbons (Fsp3) is 0.471. The third-order valence-corrected chi connectivity index (χ3v) is 7.73. The highest BCUT2D eigenvalue weighted by Crippen LogP contribution is 2.38. The van der Waals surface area contributed by atoms with Gasteiger partial charge in [0.2, 0.25) is 10.0 Å². The Kier molecular flexibility index (Phi) is 4.16. The summed E-state index contributed by atoms with van der Waals surface area (Å²) < 4.78 is 56.2. The van der Waals surface area contributed by atoms with Gasteiger partial charge in [0.15, 0.2) is 15.8 Å². The van der Waals surface area contributed by atoms with Gasteiger partial charge in [-0.25, -0.2) is 26.9 Å². The van der Waals surface area contributed by atoms with Crippen LogP contribution in [0.25, 0.3) is 16.3 Å². The van der Waals surface area contributed by atoms with Crippen molar-refractivity contribution in [1.29, 1.82) is 0 Å². The van der Waals surface area contributed by atoms with Gasteiger partial charge in [-0.05, 0) is 38.7 Å². The number of hydrogen-bond donors (Lipinski definition) is 2. The molecule has 154 valence electrons. The molecule has 3 aromatic rings. The second kappa shape index (κ2) is 6.41. The number of imidazole rings is 1. The van der Waals surface area contributed by atoms with Crippen molar-refractivity contribution in [3.8, 4) is 10.8 Å². The second-order valence-electron chi connectivity index (χ2n) is 7.63. The molecule has 0 saturated heterocycles. The number of pyridine rings is 1. The van der Waals surface area contributed by atoms with Crippen molar-refractivity contribution in [1.82, 2.24) is 24.3 Å². The summed E-state index contributed by atoms with van der Waals surface area (Å²) in [4.78, 5) is 4.69. The monoisotopic (exact) mass is 440 g/mol. The average Bonchev–Trinajstić information content (AvgIpc) is 3.08. The zero-order valence-corrected chi connectivity index (χ0v) is 17.1. The smallest absolute Gasteiger partial charge is 0.291 e. The van der Waals surface area contributed by atoms with Gasteiger partial charge in [-0.1, -0.05) is 11.3 Å². The molecule has 3 aromatic heterocycles. The summed E-state index contributed by atoms with van der Waals surface area (Å²) >= 11 is 0.757. The second-order valence-corrected chi connectivity index (χ2v) is 10.3. The number of hydrogen-bond acceptors (Lipinski definition) is 7. The van der Waals surface area contributed by atoms with E-state index in [2.05, 4.69) is 25.2 Å². The fourth-order valence-electron chi connectivity index (χ4n) is 3.44. The third kappa shape index (κ3) is 3.28. The Morgan fingerprint density at radius 3 is 2.83 bits per heavy atom. The quantitative estimate of drug-likeness (QED) is 0.633. The van der Waals surface area contributed by atoms with Crippen molar-refractivity contribution < 1.29 is 17.2 Å². The number of halogens is 2. The highest BCUT2D eigenvalue weighted by atomic mass is 32.2. The van der Waals surface area contributed by atoms with Crippen LogP contribution in [0.4, 0.5) is 14.5 Å². The summed E-state index contributed by atoms with van der Waals surface area (Å²) in [6.07, 6.45) is 1.85. The van der Waals surface area contributed by atoms with E-state index in [1.54, 1.807) is 10.5 Å². The van der Waals surface area contributed by atoms with Crippen LogP contribution in [0.2, 0.25) is 0 Å². The Bertz CT molecular complexity index is 1220. The molecule has 0 aromatic carbocycles. The van der Waals surface area contributed by atoms with E-state index < -0.39 is 27.0 Å². The Morgan fingerprint density at radius 1 is 1.34 bits per heavy atom. The van der Waals surface area contributed by atoms with Crippen LogP contribution >= 0.6 is 11.3 Å². The number of aryl methyl sites for hydroxylation is 1. The Morgan fingerprint density at radius 2 is 2.14 bits per heavy atom. The zero-order chi connectivity index (χ0) is 20.4. The zero-order valence-electron chi connectivity index (χ0n) is 15.4. The first-order valence-electron chi connectivity index (χ1n) is 9.21. The molecule has 1 fully saturated rings. The Hall–Kier alpha value is -2.18. The number of nitrogens with one attached hydrogen (secondary N) is 2. The molecule has 2 N–H and O–H groups in total. The molecule has 0 unspecified atom stereocenters. The first-order valence-corrected chi connectivity index (χ1v) is 11.5. The van der Waals surface area contributed by atoms with Crippen molar-refractivity contribution in [2.24, 2.45) is 0 Å². The minimum atomic E-state index is -3.76. The van der Waals surface area contributed by atoms with Gasteiger partial charge < -0.3 is 5.32 Å². The van der Waals surface area contributed by atoms with Gasteiger partial charge in [-0.15, -0.1) is 10.2 Å². The average molecular weight is 441 g/mol. The van der Waals surface area contributed by atoms with Gasteiger partial charge in [0, 0.05) is 18.3 Å². The SMILES string of the molecule is CC1(NS(=O)(=O)c2cc3c4c(nc(-c5nnc(C(F)F)s5)n4c2)CCCN3)CC1. The first-order chi connectivity index (χ1) is 13.8. The first kappa shape index (κ1) is 18.8. The van der Waals surface area contributed by atoms with Crippen LogP contribution in [-0.4, -0.2) is 40.1 Å². The summed E-state index contributed by atoms with van der Waals surface area (Å²) in [5, 5.41) is 10.5. The van der Waals surface area contributed by atoms with E-state index in [-0.39, 0.29) is 9.90 Å². The molecule has 8 nitrogen and oxygen atoms in total. The van der Waals surface area contributed by atoms with Crippen LogP contribution in [0, 0.1) is 0 Å². The molecule has 1 aliphatic heterocycles. The largest absolute Gasteiger partial charge is 0.383 e. The molecule has 0 radical (unpaired) electrons.